The van der Waals surface area contributed by atoms with Crippen LogP contribution in [0.15, 0.2) is 12.7 Å². The van der Waals surface area contributed by atoms with Crippen molar-refractivity contribution >= 4 is 12.4 Å². The Morgan fingerprint density at radius 2 is 2.36 bits per heavy atom. The van der Waals surface area contributed by atoms with Crippen molar-refractivity contribution < 1.29 is 0 Å². The van der Waals surface area contributed by atoms with Gasteiger partial charge in [-0.3, -0.25) is 0 Å². The highest BCUT2D eigenvalue weighted by Gasteiger charge is 2.16. The molecule has 1 aromatic heterocycles. The van der Waals surface area contributed by atoms with E-state index >= 15 is 0 Å². The lowest BCUT2D eigenvalue weighted by Gasteiger charge is -2.05. The standard InChI is InChI=1S/C6H9N4.ClH/c1-2-7-3-6(1)10-5-8-4-9-10;/h4-6H,1-3H2;1H. The third-order valence-electron chi connectivity index (χ3n) is 1.77. The van der Waals surface area contributed by atoms with E-state index in [2.05, 4.69) is 15.4 Å². The number of rotatable bonds is 1. The van der Waals surface area contributed by atoms with Crippen molar-refractivity contribution in [2.75, 3.05) is 13.1 Å². The number of aromatic nitrogens is 3. The summed E-state index contributed by atoms with van der Waals surface area (Å²) >= 11 is 0. The summed E-state index contributed by atoms with van der Waals surface area (Å²) in [7, 11) is 0. The molecule has 61 valence electrons. The zero-order valence-corrected chi connectivity index (χ0v) is 6.87. The Morgan fingerprint density at radius 3 is 2.91 bits per heavy atom. The largest absolute Gasteiger partial charge is 0.249 e. The molecular weight excluding hydrogens is 164 g/mol. The van der Waals surface area contributed by atoms with Crippen LogP contribution in [0.2, 0.25) is 0 Å². The SMILES string of the molecule is Cl.c1ncn(C2CC[N]C2)n1. The first-order valence-corrected chi connectivity index (χ1v) is 3.44. The van der Waals surface area contributed by atoms with Gasteiger partial charge >= 0.3 is 0 Å². The van der Waals surface area contributed by atoms with Crippen LogP contribution in [0.3, 0.4) is 0 Å². The van der Waals surface area contributed by atoms with Crippen molar-refractivity contribution in [1.29, 1.82) is 0 Å². The Kier molecular flexibility index (Phi) is 2.84. The van der Waals surface area contributed by atoms with Gasteiger partial charge in [-0.15, -0.1) is 12.4 Å². The van der Waals surface area contributed by atoms with Crippen LogP contribution in [0.4, 0.5) is 0 Å². The third kappa shape index (κ3) is 1.70. The maximum atomic E-state index is 4.23. The van der Waals surface area contributed by atoms with Gasteiger partial charge in [-0.1, -0.05) is 0 Å². The maximum Gasteiger partial charge on any atom is 0.137 e. The van der Waals surface area contributed by atoms with Crippen LogP contribution in [0.5, 0.6) is 0 Å². The highest BCUT2D eigenvalue weighted by molar-refractivity contribution is 5.85. The molecule has 2 heterocycles. The van der Waals surface area contributed by atoms with Crippen molar-refractivity contribution in [3.63, 3.8) is 0 Å². The summed E-state index contributed by atoms with van der Waals surface area (Å²) in [5, 5.41) is 8.28. The fourth-order valence-electron chi connectivity index (χ4n) is 1.19. The first-order chi connectivity index (χ1) is 4.97. The molecule has 0 spiro atoms. The van der Waals surface area contributed by atoms with Gasteiger partial charge in [-0.05, 0) is 6.42 Å². The van der Waals surface area contributed by atoms with Gasteiger partial charge in [0.05, 0.1) is 6.04 Å². The van der Waals surface area contributed by atoms with E-state index in [1.165, 1.54) is 0 Å². The molecule has 4 nitrogen and oxygen atoms in total. The summed E-state index contributed by atoms with van der Waals surface area (Å²) in [4.78, 5) is 3.88. The highest BCUT2D eigenvalue weighted by atomic mass is 35.5. The van der Waals surface area contributed by atoms with Crippen LogP contribution in [0, 0.1) is 0 Å². The third-order valence-corrected chi connectivity index (χ3v) is 1.77. The smallest absolute Gasteiger partial charge is 0.137 e. The van der Waals surface area contributed by atoms with Gasteiger partial charge in [0.25, 0.3) is 0 Å². The number of hydrogen-bond acceptors (Lipinski definition) is 2. The van der Waals surface area contributed by atoms with E-state index < -0.39 is 0 Å². The molecule has 11 heavy (non-hydrogen) atoms. The van der Waals surface area contributed by atoms with Gasteiger partial charge in [0, 0.05) is 13.1 Å². The van der Waals surface area contributed by atoms with Crippen molar-refractivity contribution in [2.45, 2.75) is 12.5 Å². The molecule has 5 heteroatoms. The fraction of sp³-hybridized carbons (Fsp3) is 0.667. The Balaban J connectivity index is 0.000000605. The minimum Gasteiger partial charge on any atom is -0.249 e. The van der Waals surface area contributed by atoms with E-state index in [-0.39, 0.29) is 12.4 Å². The topological polar surface area (TPSA) is 44.8 Å². The van der Waals surface area contributed by atoms with E-state index in [0.717, 1.165) is 19.5 Å². The molecule has 1 saturated heterocycles. The molecule has 0 aromatic carbocycles. The zero-order valence-electron chi connectivity index (χ0n) is 6.05. The molecule has 1 radical (unpaired) electrons. The molecule has 1 aliphatic rings. The van der Waals surface area contributed by atoms with Crippen molar-refractivity contribution in [2.24, 2.45) is 0 Å². The average Bonchev–Trinajstić information content (AvgIpc) is 2.59. The molecule has 1 fully saturated rings. The second kappa shape index (κ2) is 3.69. The molecule has 1 aromatic rings. The summed E-state index contributed by atoms with van der Waals surface area (Å²) < 4.78 is 1.89. The van der Waals surface area contributed by atoms with Crippen LogP contribution < -0.4 is 5.32 Å². The lowest BCUT2D eigenvalue weighted by atomic mass is 10.3. The lowest BCUT2D eigenvalue weighted by molar-refractivity contribution is 0.488. The van der Waals surface area contributed by atoms with Gasteiger partial charge in [-0.25, -0.2) is 15.0 Å². The Labute approximate surface area is 71.4 Å². The van der Waals surface area contributed by atoms with Crippen LogP contribution in [0.25, 0.3) is 0 Å². The second-order valence-corrected chi connectivity index (χ2v) is 2.45. The monoisotopic (exact) mass is 173 g/mol. The van der Waals surface area contributed by atoms with E-state index in [0.29, 0.717) is 6.04 Å². The lowest BCUT2D eigenvalue weighted by Crippen LogP contribution is -2.10. The van der Waals surface area contributed by atoms with Gasteiger partial charge in [0.15, 0.2) is 0 Å². The van der Waals surface area contributed by atoms with Crippen LogP contribution in [0.1, 0.15) is 12.5 Å². The van der Waals surface area contributed by atoms with E-state index in [1.54, 1.807) is 12.7 Å². The summed E-state index contributed by atoms with van der Waals surface area (Å²) in [6.07, 6.45) is 4.44. The van der Waals surface area contributed by atoms with E-state index in [9.17, 15) is 0 Å². The van der Waals surface area contributed by atoms with Crippen LogP contribution in [-0.4, -0.2) is 27.9 Å². The fourth-order valence-corrected chi connectivity index (χ4v) is 1.19. The quantitative estimate of drug-likeness (QED) is 0.611. The molecule has 0 N–H and O–H groups in total. The van der Waals surface area contributed by atoms with Crippen molar-refractivity contribution in [1.82, 2.24) is 20.1 Å². The van der Waals surface area contributed by atoms with Gasteiger partial charge in [0.1, 0.15) is 12.7 Å². The Hall–Kier alpha value is -0.610. The van der Waals surface area contributed by atoms with Gasteiger partial charge in [-0.2, -0.15) is 5.10 Å². The predicted molar refractivity (Wildman–Crippen MR) is 42.8 cm³/mol. The summed E-state index contributed by atoms with van der Waals surface area (Å²) in [5.41, 5.74) is 0. The molecule has 0 bridgehead atoms. The van der Waals surface area contributed by atoms with Gasteiger partial charge in [0.2, 0.25) is 0 Å². The molecule has 2 rings (SSSR count). The first kappa shape index (κ1) is 8.49. The van der Waals surface area contributed by atoms with E-state index in [1.807, 2.05) is 4.68 Å². The molecular formula is C6H10ClN4. The summed E-state index contributed by atoms with van der Waals surface area (Å²) in [5.74, 6) is 0. The van der Waals surface area contributed by atoms with Crippen LogP contribution in [-0.2, 0) is 0 Å². The first-order valence-electron chi connectivity index (χ1n) is 3.44. The maximum absolute atomic E-state index is 4.23. The number of halogens is 1. The zero-order chi connectivity index (χ0) is 6.81. The van der Waals surface area contributed by atoms with Gasteiger partial charge < -0.3 is 0 Å². The molecule has 0 aliphatic carbocycles. The molecule has 1 atom stereocenters. The minimum atomic E-state index is 0. The normalized spacial score (nSPS) is 23.1. The summed E-state index contributed by atoms with van der Waals surface area (Å²) in [6.45, 7) is 1.88. The summed E-state index contributed by atoms with van der Waals surface area (Å²) in [6, 6.07) is 0.475. The molecule has 1 unspecified atom stereocenters. The molecule has 0 amide bonds. The van der Waals surface area contributed by atoms with Crippen molar-refractivity contribution in [3.05, 3.63) is 12.7 Å². The Bertz CT molecular complexity index is 192. The minimum absolute atomic E-state index is 0. The number of hydrogen-bond donors (Lipinski definition) is 0. The van der Waals surface area contributed by atoms with Crippen molar-refractivity contribution in [3.8, 4) is 0 Å². The van der Waals surface area contributed by atoms with Crippen LogP contribution >= 0.6 is 12.4 Å². The van der Waals surface area contributed by atoms with E-state index in [4.69, 9.17) is 0 Å². The highest BCUT2D eigenvalue weighted by Crippen LogP contribution is 2.12. The average molecular weight is 174 g/mol. The molecule has 1 aliphatic heterocycles. The number of nitrogens with zero attached hydrogens (tertiary/aromatic N) is 4. The predicted octanol–water partition coefficient (Wildman–Crippen LogP) is 0.249. The molecule has 0 saturated carbocycles. The Morgan fingerprint density at radius 1 is 1.45 bits per heavy atom. The second-order valence-electron chi connectivity index (χ2n) is 2.45.